The maximum Gasteiger partial charge on any atom is 0.233 e. The highest BCUT2D eigenvalue weighted by molar-refractivity contribution is 7.88. The predicted molar refractivity (Wildman–Crippen MR) is 80.3 cm³/mol. The van der Waals surface area contributed by atoms with Gasteiger partial charge < -0.3 is 11.1 Å². The molecule has 0 aromatic rings. The van der Waals surface area contributed by atoms with E-state index in [2.05, 4.69) is 10.0 Å². The summed E-state index contributed by atoms with van der Waals surface area (Å²) < 4.78 is 24.0. The summed E-state index contributed by atoms with van der Waals surface area (Å²) >= 11 is 4.98. The van der Waals surface area contributed by atoms with Gasteiger partial charge in [0, 0.05) is 13.1 Å². The first kappa shape index (κ1) is 18.3. The molecule has 0 spiro atoms. The predicted octanol–water partition coefficient (Wildman–Crippen LogP) is 0.134. The van der Waals surface area contributed by atoms with Crippen LogP contribution < -0.4 is 15.8 Å². The molecule has 8 heteroatoms. The Morgan fingerprint density at radius 3 is 2.16 bits per heavy atom. The van der Waals surface area contributed by atoms with Gasteiger partial charge in [0.15, 0.2) is 0 Å². The fraction of sp³-hybridized carbons (Fsp3) is 0.818. The second-order valence-electron chi connectivity index (χ2n) is 4.43. The van der Waals surface area contributed by atoms with Crippen LogP contribution >= 0.6 is 12.2 Å². The van der Waals surface area contributed by atoms with Crippen molar-refractivity contribution in [2.75, 3.05) is 19.3 Å². The summed E-state index contributed by atoms with van der Waals surface area (Å²) in [5.74, 6) is -0.190. The molecule has 0 fully saturated rings. The Morgan fingerprint density at radius 2 is 1.79 bits per heavy atom. The van der Waals surface area contributed by atoms with Gasteiger partial charge in [-0.25, -0.2) is 13.1 Å². The summed E-state index contributed by atoms with van der Waals surface area (Å²) in [5, 5.41) is 2.75. The quantitative estimate of drug-likeness (QED) is 0.415. The Bertz CT molecular complexity index is 417. The first-order chi connectivity index (χ1) is 8.69. The highest BCUT2D eigenvalue weighted by Crippen LogP contribution is 2.27. The molecule has 1 amide bonds. The van der Waals surface area contributed by atoms with E-state index in [1.54, 1.807) is 0 Å². The van der Waals surface area contributed by atoms with Crippen molar-refractivity contribution in [3.05, 3.63) is 0 Å². The minimum absolute atomic E-state index is 0.190. The average molecular weight is 309 g/mol. The molecular weight excluding hydrogens is 286 g/mol. The number of carbonyl (C=O) groups is 1. The van der Waals surface area contributed by atoms with Crippen molar-refractivity contribution in [2.24, 2.45) is 11.1 Å². The van der Waals surface area contributed by atoms with Gasteiger partial charge in [-0.1, -0.05) is 26.1 Å². The smallest absolute Gasteiger partial charge is 0.233 e. The van der Waals surface area contributed by atoms with Crippen LogP contribution in [0.2, 0.25) is 0 Å². The zero-order chi connectivity index (χ0) is 15.1. The van der Waals surface area contributed by atoms with Crippen molar-refractivity contribution in [1.29, 1.82) is 0 Å². The maximum absolute atomic E-state index is 12.1. The molecule has 0 atom stereocenters. The molecule has 0 aliphatic heterocycles. The fourth-order valence-electron chi connectivity index (χ4n) is 1.75. The minimum Gasteiger partial charge on any atom is -0.392 e. The fourth-order valence-corrected chi connectivity index (χ4v) is 2.65. The van der Waals surface area contributed by atoms with E-state index in [1.807, 2.05) is 13.8 Å². The number of nitrogens with one attached hydrogen (secondary N) is 2. The van der Waals surface area contributed by atoms with E-state index in [1.165, 1.54) is 0 Å². The molecule has 112 valence electrons. The van der Waals surface area contributed by atoms with Crippen molar-refractivity contribution in [1.82, 2.24) is 10.0 Å². The van der Waals surface area contributed by atoms with Crippen molar-refractivity contribution in [2.45, 2.75) is 33.1 Å². The van der Waals surface area contributed by atoms with E-state index in [0.717, 1.165) is 6.26 Å². The summed E-state index contributed by atoms with van der Waals surface area (Å²) in [7, 11) is -3.18. The number of nitrogens with two attached hydrogens (primary N) is 1. The van der Waals surface area contributed by atoms with Crippen LogP contribution in [0.3, 0.4) is 0 Å². The normalized spacial score (nSPS) is 12.2. The highest BCUT2D eigenvalue weighted by atomic mass is 32.2. The van der Waals surface area contributed by atoms with Crippen molar-refractivity contribution >= 4 is 33.1 Å². The number of thiocarbonyl (C=S) groups is 1. The van der Waals surface area contributed by atoms with E-state index >= 15 is 0 Å². The third kappa shape index (κ3) is 5.84. The standard InChI is InChI=1S/C11H23N3O3S2/c1-4-11(5-2,9(12)18)10(15)13-7-6-8-14-19(3,16)17/h14H,4-8H2,1-3H3,(H2,12,18)(H,13,15). The maximum atomic E-state index is 12.1. The highest BCUT2D eigenvalue weighted by Gasteiger charge is 2.37. The van der Waals surface area contributed by atoms with Crippen LogP contribution in [-0.4, -0.2) is 38.7 Å². The average Bonchev–Trinajstić information content (AvgIpc) is 2.29. The summed E-state index contributed by atoms with van der Waals surface area (Å²) in [5.41, 5.74) is 4.85. The van der Waals surface area contributed by atoms with Crippen molar-refractivity contribution in [3.63, 3.8) is 0 Å². The van der Waals surface area contributed by atoms with Crippen LogP contribution in [0.4, 0.5) is 0 Å². The monoisotopic (exact) mass is 309 g/mol. The number of amides is 1. The first-order valence-electron chi connectivity index (χ1n) is 6.22. The van der Waals surface area contributed by atoms with E-state index in [9.17, 15) is 13.2 Å². The zero-order valence-electron chi connectivity index (χ0n) is 11.7. The number of sulfonamides is 1. The molecule has 0 aliphatic carbocycles. The van der Waals surface area contributed by atoms with E-state index in [-0.39, 0.29) is 17.4 Å². The second-order valence-corrected chi connectivity index (χ2v) is 6.70. The SMILES string of the molecule is CCC(CC)(C(=O)NCCCNS(C)(=O)=O)C(N)=S. The molecule has 6 nitrogen and oxygen atoms in total. The van der Waals surface area contributed by atoms with Crippen LogP contribution in [0.15, 0.2) is 0 Å². The van der Waals surface area contributed by atoms with Gasteiger partial charge in [-0.15, -0.1) is 0 Å². The van der Waals surface area contributed by atoms with Crippen LogP contribution in [0.1, 0.15) is 33.1 Å². The summed E-state index contributed by atoms with van der Waals surface area (Å²) in [4.78, 5) is 12.3. The number of carbonyl (C=O) groups excluding carboxylic acids is 1. The molecular formula is C11H23N3O3S2. The molecule has 19 heavy (non-hydrogen) atoms. The van der Waals surface area contributed by atoms with Crippen LogP contribution in [0, 0.1) is 5.41 Å². The van der Waals surface area contributed by atoms with Crippen LogP contribution in [0.5, 0.6) is 0 Å². The minimum atomic E-state index is -3.18. The third-order valence-electron chi connectivity index (χ3n) is 3.12. The zero-order valence-corrected chi connectivity index (χ0v) is 13.3. The van der Waals surface area contributed by atoms with Gasteiger partial charge in [0.2, 0.25) is 15.9 Å². The van der Waals surface area contributed by atoms with Crippen LogP contribution in [0.25, 0.3) is 0 Å². The van der Waals surface area contributed by atoms with E-state index in [4.69, 9.17) is 18.0 Å². The summed E-state index contributed by atoms with van der Waals surface area (Å²) in [6, 6.07) is 0. The molecule has 0 rings (SSSR count). The van der Waals surface area contributed by atoms with Crippen molar-refractivity contribution < 1.29 is 13.2 Å². The molecule has 0 bridgehead atoms. The molecule has 0 saturated carbocycles. The Morgan fingerprint density at radius 1 is 1.26 bits per heavy atom. The number of rotatable bonds is 9. The lowest BCUT2D eigenvalue weighted by atomic mass is 9.81. The Kier molecular flexibility index (Phi) is 7.46. The Balaban J connectivity index is 4.26. The van der Waals surface area contributed by atoms with Gasteiger partial charge in [-0.2, -0.15) is 0 Å². The van der Waals surface area contributed by atoms with Crippen LogP contribution in [-0.2, 0) is 14.8 Å². The summed E-state index contributed by atoms with van der Waals surface area (Å²) in [6.07, 6.45) is 2.70. The molecule has 0 heterocycles. The second kappa shape index (κ2) is 7.76. The largest absolute Gasteiger partial charge is 0.392 e. The summed E-state index contributed by atoms with van der Waals surface area (Å²) in [6.45, 7) is 4.41. The van der Waals surface area contributed by atoms with Gasteiger partial charge in [0.05, 0.1) is 16.7 Å². The van der Waals surface area contributed by atoms with Gasteiger partial charge in [-0.05, 0) is 19.3 Å². The lowest BCUT2D eigenvalue weighted by molar-refractivity contribution is -0.127. The number of hydrogen-bond acceptors (Lipinski definition) is 4. The molecule has 0 aromatic heterocycles. The van der Waals surface area contributed by atoms with Gasteiger partial charge in [-0.3, -0.25) is 4.79 Å². The lowest BCUT2D eigenvalue weighted by Gasteiger charge is -2.28. The topological polar surface area (TPSA) is 101 Å². The van der Waals surface area contributed by atoms with Gasteiger partial charge in [0.1, 0.15) is 0 Å². The van der Waals surface area contributed by atoms with Gasteiger partial charge >= 0.3 is 0 Å². The molecule has 0 aromatic carbocycles. The lowest BCUT2D eigenvalue weighted by Crippen LogP contribution is -2.48. The third-order valence-corrected chi connectivity index (χ3v) is 4.24. The van der Waals surface area contributed by atoms with E-state index in [0.29, 0.717) is 25.8 Å². The Labute approximate surface area is 120 Å². The van der Waals surface area contributed by atoms with Gasteiger partial charge in [0.25, 0.3) is 0 Å². The van der Waals surface area contributed by atoms with Crippen molar-refractivity contribution in [3.8, 4) is 0 Å². The molecule has 0 radical (unpaired) electrons. The molecule has 4 N–H and O–H groups in total. The Hall–Kier alpha value is -0.730. The van der Waals surface area contributed by atoms with E-state index < -0.39 is 15.4 Å². The molecule has 0 aliphatic rings. The molecule has 0 unspecified atom stereocenters. The number of hydrogen-bond donors (Lipinski definition) is 3. The first-order valence-corrected chi connectivity index (χ1v) is 8.52. The molecule has 0 saturated heterocycles.